The Hall–Kier alpha value is -3.78. The normalized spacial score (nSPS) is 18.2. The summed E-state index contributed by atoms with van der Waals surface area (Å²) in [6.07, 6.45) is 0.470. The van der Waals surface area contributed by atoms with Gasteiger partial charge < -0.3 is 9.64 Å². The van der Waals surface area contributed by atoms with Crippen molar-refractivity contribution in [2.45, 2.75) is 53.2 Å². The lowest BCUT2D eigenvalue weighted by atomic mass is 9.95. The predicted molar refractivity (Wildman–Crippen MR) is 144 cm³/mol. The van der Waals surface area contributed by atoms with Gasteiger partial charge in [0.25, 0.3) is 11.5 Å². The molecule has 3 aromatic rings. The van der Waals surface area contributed by atoms with E-state index in [0.717, 1.165) is 28.8 Å². The van der Waals surface area contributed by atoms with Crippen LogP contribution >= 0.6 is 11.3 Å². The van der Waals surface area contributed by atoms with Gasteiger partial charge in [0.15, 0.2) is 4.80 Å². The molecule has 7 nitrogen and oxygen atoms in total. The maximum atomic E-state index is 14.1. The van der Waals surface area contributed by atoms with E-state index in [1.807, 2.05) is 62.4 Å². The van der Waals surface area contributed by atoms with E-state index >= 15 is 0 Å². The van der Waals surface area contributed by atoms with Crippen molar-refractivity contribution in [3.63, 3.8) is 0 Å². The molecule has 2 aliphatic heterocycles. The fraction of sp³-hybridized carbons (Fsp3) is 0.310. The Morgan fingerprint density at radius 3 is 2.46 bits per heavy atom. The highest BCUT2D eigenvalue weighted by atomic mass is 32.1. The number of carbonyl (C=O) groups excluding carboxylic acids is 2. The molecule has 0 aliphatic carbocycles. The van der Waals surface area contributed by atoms with Gasteiger partial charge >= 0.3 is 5.97 Å². The molecule has 37 heavy (non-hydrogen) atoms. The summed E-state index contributed by atoms with van der Waals surface area (Å²) in [6.45, 7) is 9.90. The monoisotopic (exact) mass is 515 g/mol. The van der Waals surface area contributed by atoms with Gasteiger partial charge in [0.1, 0.15) is 4.53 Å². The number of hydrogen-bond donors (Lipinski definition) is 0. The number of carbonyl (C=O) groups is 2. The lowest BCUT2D eigenvalue weighted by molar-refractivity contribution is -0.143. The molecule has 1 amide bonds. The van der Waals surface area contributed by atoms with Crippen molar-refractivity contribution in [1.29, 1.82) is 0 Å². The van der Waals surface area contributed by atoms with E-state index in [-0.39, 0.29) is 17.6 Å². The van der Waals surface area contributed by atoms with Crippen LogP contribution in [-0.2, 0) is 14.3 Å². The number of esters is 1. The Bertz CT molecular complexity index is 1630. The molecule has 190 valence electrons. The molecule has 2 aliphatic rings. The third-order valence-corrected chi connectivity index (χ3v) is 7.60. The Kier molecular flexibility index (Phi) is 6.45. The van der Waals surface area contributed by atoms with Crippen molar-refractivity contribution < 1.29 is 14.3 Å². The standard InChI is InChI=1S/C29H29N3O4S/c1-6-15-31-21-10-8-7-9-20(21)23(26(31)33)25-27(34)32-24(19-13-11-17(4)12-14-19)22(28(35)36-16(2)3)18(5)30-29(32)37-25/h7-14,16,24H,6,15H2,1-5H3/b25-23-/t24-/m0/s1. The average Bonchev–Trinajstić information content (AvgIpc) is 3.31. The molecule has 0 unspecified atom stereocenters. The number of nitrogens with zero attached hydrogens (tertiary/aromatic N) is 3. The SMILES string of the molecule is CCCN1C(=O)/C(=c2\sc3n(c2=O)[C@@H](c2ccc(C)cc2)C(C(=O)OC(C)C)=C(C)N=3)c2ccccc21. The molecule has 5 rings (SSSR count). The van der Waals surface area contributed by atoms with Gasteiger partial charge in [-0.3, -0.25) is 14.2 Å². The zero-order valence-corrected chi connectivity index (χ0v) is 22.4. The van der Waals surface area contributed by atoms with Crippen LogP contribution in [0.1, 0.15) is 56.8 Å². The summed E-state index contributed by atoms with van der Waals surface area (Å²) in [4.78, 5) is 47.8. The maximum Gasteiger partial charge on any atom is 0.338 e. The fourth-order valence-electron chi connectivity index (χ4n) is 4.92. The number of rotatable bonds is 5. The minimum atomic E-state index is -0.712. The first-order valence-corrected chi connectivity index (χ1v) is 13.3. The van der Waals surface area contributed by atoms with E-state index in [9.17, 15) is 14.4 Å². The van der Waals surface area contributed by atoms with Crippen molar-refractivity contribution in [2.24, 2.45) is 4.99 Å². The number of ether oxygens (including phenoxy) is 1. The molecule has 1 aromatic heterocycles. The van der Waals surface area contributed by atoms with Crippen LogP contribution in [0, 0.1) is 6.92 Å². The van der Waals surface area contributed by atoms with Crippen LogP contribution in [-0.4, -0.2) is 29.1 Å². The second-order valence-corrected chi connectivity index (χ2v) is 10.6. The number of thiazole rings is 1. The number of aromatic nitrogens is 1. The fourth-order valence-corrected chi connectivity index (χ4v) is 6.06. The number of allylic oxidation sites excluding steroid dienone is 1. The minimum absolute atomic E-state index is 0.185. The highest BCUT2D eigenvalue weighted by Crippen LogP contribution is 2.35. The lowest BCUT2D eigenvalue weighted by Gasteiger charge is -2.25. The molecule has 0 radical (unpaired) electrons. The molecule has 0 saturated heterocycles. The van der Waals surface area contributed by atoms with E-state index < -0.39 is 12.0 Å². The number of anilines is 1. The highest BCUT2D eigenvalue weighted by Gasteiger charge is 2.37. The minimum Gasteiger partial charge on any atom is -0.459 e. The van der Waals surface area contributed by atoms with Gasteiger partial charge in [-0.15, -0.1) is 0 Å². The van der Waals surface area contributed by atoms with Gasteiger partial charge in [-0.25, -0.2) is 9.79 Å². The van der Waals surface area contributed by atoms with Gasteiger partial charge in [0.2, 0.25) is 0 Å². The Labute approximate surface area is 219 Å². The summed E-state index contributed by atoms with van der Waals surface area (Å²) in [5, 5.41) is 0. The maximum absolute atomic E-state index is 14.1. The number of benzene rings is 2. The van der Waals surface area contributed by atoms with E-state index in [2.05, 4.69) is 4.99 Å². The van der Waals surface area contributed by atoms with E-state index in [0.29, 0.717) is 32.7 Å². The molecule has 3 heterocycles. The highest BCUT2D eigenvalue weighted by molar-refractivity contribution is 7.07. The van der Waals surface area contributed by atoms with Gasteiger partial charge in [-0.2, -0.15) is 0 Å². The summed E-state index contributed by atoms with van der Waals surface area (Å²) in [6, 6.07) is 14.6. The van der Waals surface area contributed by atoms with Gasteiger partial charge in [-0.05, 0) is 45.7 Å². The third kappa shape index (κ3) is 4.15. The van der Waals surface area contributed by atoms with Crippen LogP contribution in [0.4, 0.5) is 5.69 Å². The molecule has 2 aromatic carbocycles. The molecular formula is C29H29N3O4S. The van der Waals surface area contributed by atoms with Crippen LogP contribution < -0.4 is 19.8 Å². The quantitative estimate of drug-likeness (QED) is 0.486. The first kappa shape index (κ1) is 24.9. The average molecular weight is 516 g/mol. The predicted octanol–water partition coefficient (Wildman–Crippen LogP) is 3.62. The van der Waals surface area contributed by atoms with E-state index in [4.69, 9.17) is 4.74 Å². The summed E-state index contributed by atoms with van der Waals surface area (Å²) < 4.78 is 7.44. The van der Waals surface area contributed by atoms with Crippen molar-refractivity contribution >= 4 is 34.5 Å². The van der Waals surface area contributed by atoms with Crippen molar-refractivity contribution in [1.82, 2.24) is 4.57 Å². The van der Waals surface area contributed by atoms with Crippen LogP contribution in [0.2, 0.25) is 0 Å². The van der Waals surface area contributed by atoms with Gasteiger partial charge in [-0.1, -0.05) is 66.3 Å². The van der Waals surface area contributed by atoms with Crippen molar-refractivity contribution in [2.75, 3.05) is 11.4 Å². The summed E-state index contributed by atoms with van der Waals surface area (Å²) in [5.74, 6) is -0.688. The number of hydrogen-bond acceptors (Lipinski definition) is 6. The van der Waals surface area contributed by atoms with E-state index in [1.54, 1.807) is 30.2 Å². The molecule has 0 fully saturated rings. The number of amides is 1. The molecular weight excluding hydrogens is 486 g/mol. The number of fused-ring (bicyclic) bond motifs is 2. The molecule has 1 atom stereocenters. The van der Waals surface area contributed by atoms with Crippen LogP contribution in [0.25, 0.3) is 5.57 Å². The zero-order chi connectivity index (χ0) is 26.4. The zero-order valence-electron chi connectivity index (χ0n) is 21.6. The Morgan fingerprint density at radius 1 is 1.08 bits per heavy atom. The van der Waals surface area contributed by atoms with E-state index in [1.165, 1.54) is 11.3 Å². The smallest absolute Gasteiger partial charge is 0.338 e. The van der Waals surface area contributed by atoms with Gasteiger partial charge in [0, 0.05) is 12.1 Å². The molecule has 0 spiro atoms. The van der Waals surface area contributed by atoms with Crippen molar-refractivity contribution in [3.8, 4) is 0 Å². The van der Waals surface area contributed by atoms with Gasteiger partial charge in [0.05, 0.1) is 34.7 Å². The Balaban J connectivity index is 1.80. The summed E-state index contributed by atoms with van der Waals surface area (Å²) in [5.41, 5.74) is 4.27. The molecule has 0 bridgehead atoms. The topological polar surface area (TPSA) is 81.0 Å². The number of aryl methyl sites for hydroxylation is 1. The molecule has 0 N–H and O–H groups in total. The second-order valence-electron chi connectivity index (χ2n) is 9.62. The third-order valence-electron chi connectivity index (χ3n) is 6.55. The number of para-hydroxylation sites is 1. The summed E-state index contributed by atoms with van der Waals surface area (Å²) in [7, 11) is 0. The van der Waals surface area contributed by atoms with Crippen LogP contribution in [0.5, 0.6) is 0 Å². The largest absolute Gasteiger partial charge is 0.459 e. The first-order chi connectivity index (χ1) is 17.7. The van der Waals surface area contributed by atoms with Crippen LogP contribution in [0.15, 0.2) is 69.6 Å². The second kappa shape index (κ2) is 9.59. The summed E-state index contributed by atoms with van der Waals surface area (Å²) >= 11 is 1.19. The first-order valence-electron chi connectivity index (χ1n) is 12.5. The Morgan fingerprint density at radius 2 is 1.78 bits per heavy atom. The lowest BCUT2D eigenvalue weighted by Crippen LogP contribution is -2.41. The van der Waals surface area contributed by atoms with Crippen LogP contribution in [0.3, 0.4) is 0 Å². The van der Waals surface area contributed by atoms with Crippen molar-refractivity contribution in [3.05, 3.63) is 96.2 Å². The molecule has 8 heteroatoms. The molecule has 0 saturated carbocycles.